The fraction of sp³-hybridized carbons (Fsp3) is 0.318. The molecular weight excluding hydrogens is 465 g/mol. The van der Waals surface area contributed by atoms with Crippen molar-refractivity contribution in [1.82, 2.24) is 10.6 Å². The van der Waals surface area contributed by atoms with Crippen molar-refractivity contribution in [2.75, 3.05) is 25.6 Å². The SMILES string of the molecule is COC(C(=O)NCC(F)(F)C(F)(F)F)C(=O)N[C@@H]1C(=O)N(C)c2ccccc2-c2ccccc21. The van der Waals surface area contributed by atoms with Gasteiger partial charge in [0.2, 0.25) is 6.10 Å². The van der Waals surface area contributed by atoms with E-state index in [2.05, 4.69) is 5.32 Å². The zero-order chi connectivity index (χ0) is 25.3. The number of anilines is 1. The average molecular weight is 485 g/mol. The molecule has 1 aliphatic rings. The van der Waals surface area contributed by atoms with Crippen LogP contribution < -0.4 is 15.5 Å². The Morgan fingerprint density at radius 2 is 1.59 bits per heavy atom. The second-order valence-electron chi connectivity index (χ2n) is 7.48. The van der Waals surface area contributed by atoms with Gasteiger partial charge in [0.05, 0.1) is 12.2 Å². The van der Waals surface area contributed by atoms with Gasteiger partial charge in [-0.25, -0.2) is 0 Å². The van der Waals surface area contributed by atoms with Crippen molar-refractivity contribution >= 4 is 23.4 Å². The zero-order valence-electron chi connectivity index (χ0n) is 18.0. The summed E-state index contributed by atoms with van der Waals surface area (Å²) in [5, 5.41) is 3.74. The Morgan fingerprint density at radius 3 is 2.21 bits per heavy atom. The Labute approximate surface area is 190 Å². The number of fused-ring (bicyclic) bond motifs is 3. The van der Waals surface area contributed by atoms with Gasteiger partial charge in [-0.3, -0.25) is 14.4 Å². The molecule has 2 aromatic carbocycles. The third kappa shape index (κ3) is 4.72. The summed E-state index contributed by atoms with van der Waals surface area (Å²) in [6, 6.07) is 12.4. The summed E-state index contributed by atoms with van der Waals surface area (Å²) >= 11 is 0. The van der Waals surface area contributed by atoms with Crippen LogP contribution in [0.1, 0.15) is 11.6 Å². The van der Waals surface area contributed by atoms with E-state index < -0.39 is 48.5 Å². The molecule has 0 bridgehead atoms. The first kappa shape index (κ1) is 25.1. The Morgan fingerprint density at radius 1 is 1.00 bits per heavy atom. The lowest BCUT2D eigenvalue weighted by Crippen LogP contribution is -2.53. The van der Waals surface area contributed by atoms with Gasteiger partial charge in [0.1, 0.15) is 6.04 Å². The van der Waals surface area contributed by atoms with E-state index in [1.165, 1.54) is 17.3 Å². The van der Waals surface area contributed by atoms with E-state index in [1.54, 1.807) is 48.5 Å². The lowest BCUT2D eigenvalue weighted by Gasteiger charge is -2.25. The average Bonchev–Trinajstić information content (AvgIpc) is 2.87. The number of nitrogens with one attached hydrogen (secondary N) is 2. The molecule has 0 aliphatic carbocycles. The molecule has 1 unspecified atom stereocenters. The number of hydrogen-bond donors (Lipinski definition) is 2. The largest absolute Gasteiger partial charge is 0.455 e. The molecule has 0 saturated carbocycles. The number of hydrogen-bond acceptors (Lipinski definition) is 4. The van der Waals surface area contributed by atoms with Crippen molar-refractivity contribution in [3.63, 3.8) is 0 Å². The van der Waals surface area contributed by atoms with E-state index in [-0.39, 0.29) is 0 Å². The summed E-state index contributed by atoms with van der Waals surface area (Å²) in [5.74, 6) is -8.48. The number of nitrogens with zero attached hydrogens (tertiary/aromatic N) is 1. The quantitative estimate of drug-likeness (QED) is 0.487. The van der Waals surface area contributed by atoms with Gasteiger partial charge in [0.15, 0.2) is 0 Å². The number of carbonyl (C=O) groups excluding carboxylic acids is 3. The molecule has 12 heteroatoms. The molecule has 0 fully saturated rings. The molecule has 0 spiro atoms. The summed E-state index contributed by atoms with van der Waals surface area (Å²) in [5.41, 5.74) is 2.30. The van der Waals surface area contributed by atoms with Gasteiger partial charge < -0.3 is 20.3 Å². The molecule has 2 aromatic rings. The summed E-state index contributed by atoms with van der Waals surface area (Å²) in [4.78, 5) is 39.5. The van der Waals surface area contributed by atoms with Crippen molar-refractivity contribution in [1.29, 1.82) is 0 Å². The fourth-order valence-corrected chi connectivity index (χ4v) is 3.51. The summed E-state index contributed by atoms with van der Waals surface area (Å²) in [7, 11) is 2.39. The van der Waals surface area contributed by atoms with E-state index in [0.29, 0.717) is 22.4 Å². The summed E-state index contributed by atoms with van der Waals surface area (Å²) in [6.07, 6.45) is -7.97. The zero-order valence-corrected chi connectivity index (χ0v) is 18.0. The highest BCUT2D eigenvalue weighted by Gasteiger charge is 2.57. The van der Waals surface area contributed by atoms with Gasteiger partial charge in [-0.2, -0.15) is 22.0 Å². The number of benzene rings is 2. The number of alkyl halides is 5. The molecule has 0 aromatic heterocycles. The first-order valence-electron chi connectivity index (χ1n) is 9.90. The minimum Gasteiger partial charge on any atom is -0.362 e. The number of carbonyl (C=O) groups is 3. The predicted molar refractivity (Wildman–Crippen MR) is 111 cm³/mol. The molecule has 2 atom stereocenters. The minimum atomic E-state index is -5.89. The molecule has 1 aliphatic heterocycles. The molecule has 3 amide bonds. The lowest BCUT2D eigenvalue weighted by atomic mass is 9.95. The number of likely N-dealkylation sites (N-methyl/N-ethyl adjacent to an activating group) is 1. The van der Waals surface area contributed by atoms with Gasteiger partial charge in [-0.1, -0.05) is 42.5 Å². The number of para-hydroxylation sites is 1. The lowest BCUT2D eigenvalue weighted by molar-refractivity contribution is -0.278. The highest BCUT2D eigenvalue weighted by molar-refractivity contribution is 6.09. The number of rotatable bonds is 6. The van der Waals surface area contributed by atoms with Crippen molar-refractivity contribution in [3.8, 4) is 11.1 Å². The highest BCUT2D eigenvalue weighted by Crippen LogP contribution is 2.39. The van der Waals surface area contributed by atoms with Gasteiger partial charge in [-0.05, 0) is 17.2 Å². The van der Waals surface area contributed by atoms with Gasteiger partial charge in [0, 0.05) is 19.7 Å². The first-order chi connectivity index (χ1) is 15.9. The van der Waals surface area contributed by atoms with Crippen LogP contribution in [-0.4, -0.2) is 56.6 Å². The van der Waals surface area contributed by atoms with E-state index in [4.69, 9.17) is 4.74 Å². The van der Waals surface area contributed by atoms with Gasteiger partial charge in [-0.15, -0.1) is 0 Å². The third-order valence-electron chi connectivity index (χ3n) is 5.30. The molecule has 7 nitrogen and oxygen atoms in total. The van der Waals surface area contributed by atoms with Crippen LogP contribution in [0.25, 0.3) is 11.1 Å². The Kier molecular flexibility index (Phi) is 6.92. The van der Waals surface area contributed by atoms with Crippen LogP contribution in [-0.2, 0) is 19.1 Å². The maximum Gasteiger partial charge on any atom is 0.455 e. The smallest absolute Gasteiger partial charge is 0.362 e. The normalized spacial score (nSPS) is 16.7. The van der Waals surface area contributed by atoms with Crippen LogP contribution in [0.2, 0.25) is 0 Å². The number of halogens is 5. The van der Waals surface area contributed by atoms with E-state index in [1.807, 2.05) is 0 Å². The summed E-state index contributed by atoms with van der Waals surface area (Å²) < 4.78 is 68.1. The van der Waals surface area contributed by atoms with Crippen LogP contribution in [0.15, 0.2) is 48.5 Å². The molecular formula is C22H20F5N3O4. The van der Waals surface area contributed by atoms with Gasteiger partial charge in [0.25, 0.3) is 17.7 Å². The van der Waals surface area contributed by atoms with Crippen molar-refractivity contribution in [3.05, 3.63) is 54.1 Å². The number of ether oxygens (including phenoxy) is 1. The summed E-state index contributed by atoms with van der Waals surface area (Å²) in [6.45, 7) is -2.08. The van der Waals surface area contributed by atoms with Crippen LogP contribution in [0.5, 0.6) is 0 Å². The van der Waals surface area contributed by atoms with E-state index in [0.717, 1.165) is 7.11 Å². The molecule has 34 heavy (non-hydrogen) atoms. The molecule has 0 radical (unpaired) electrons. The third-order valence-corrected chi connectivity index (χ3v) is 5.30. The van der Waals surface area contributed by atoms with Crippen LogP contribution in [0.3, 0.4) is 0 Å². The maximum absolute atomic E-state index is 13.2. The van der Waals surface area contributed by atoms with E-state index >= 15 is 0 Å². The number of amides is 3. The predicted octanol–water partition coefficient (Wildman–Crippen LogP) is 2.82. The monoisotopic (exact) mass is 485 g/mol. The molecule has 0 saturated heterocycles. The second kappa shape index (κ2) is 9.37. The van der Waals surface area contributed by atoms with Crippen molar-refractivity contribution < 1.29 is 41.1 Å². The molecule has 1 heterocycles. The topological polar surface area (TPSA) is 87.7 Å². The number of methoxy groups -OCH3 is 1. The molecule has 3 rings (SSSR count). The van der Waals surface area contributed by atoms with Crippen molar-refractivity contribution in [2.45, 2.75) is 24.2 Å². The Balaban J connectivity index is 1.85. The Bertz CT molecular complexity index is 1110. The minimum absolute atomic E-state index is 0.400. The second-order valence-corrected chi connectivity index (χ2v) is 7.48. The standard InChI is InChI=1S/C22H20F5N3O4/c1-30-15-10-6-5-8-13(15)12-7-3-4-9-14(12)16(20(30)33)29-19(32)17(34-2)18(31)28-11-21(23,24)22(25,26)27/h3-10,16-17H,11H2,1-2H3,(H,28,31)(H,29,32)/t16-,17?/m0/s1. The molecule has 182 valence electrons. The van der Waals surface area contributed by atoms with E-state index in [9.17, 15) is 36.3 Å². The van der Waals surface area contributed by atoms with Gasteiger partial charge >= 0.3 is 12.1 Å². The Hall–Kier alpha value is -3.54. The fourth-order valence-electron chi connectivity index (χ4n) is 3.51. The maximum atomic E-state index is 13.2. The first-order valence-corrected chi connectivity index (χ1v) is 9.90. The highest BCUT2D eigenvalue weighted by atomic mass is 19.4. The van der Waals surface area contributed by atoms with Crippen LogP contribution in [0.4, 0.5) is 27.6 Å². The van der Waals surface area contributed by atoms with Crippen LogP contribution >= 0.6 is 0 Å². The molecule has 2 N–H and O–H groups in total. The van der Waals surface area contributed by atoms with Crippen molar-refractivity contribution in [2.24, 2.45) is 0 Å². The van der Waals surface area contributed by atoms with Crippen LogP contribution in [0, 0.1) is 0 Å².